The summed E-state index contributed by atoms with van der Waals surface area (Å²) in [6.07, 6.45) is 0. The molecule has 0 atom stereocenters. The normalized spacial score (nSPS) is 16.8. The molecule has 1 amide bonds. The molecule has 0 aliphatic carbocycles. The molecular weight excluding hydrogens is 214 g/mol. The molecule has 0 radical (unpaired) electrons. The predicted molar refractivity (Wildman–Crippen MR) is 68.0 cm³/mol. The fraction of sp³-hybridized carbons (Fsp3) is 0.462. The number of benzene rings is 1. The first kappa shape index (κ1) is 12.1. The molecule has 0 aromatic heterocycles. The molecule has 17 heavy (non-hydrogen) atoms. The van der Waals surface area contributed by atoms with Gasteiger partial charge in [-0.1, -0.05) is 17.7 Å². The van der Waals surface area contributed by atoms with E-state index in [1.807, 2.05) is 31.2 Å². The van der Waals surface area contributed by atoms with E-state index < -0.39 is 0 Å². The largest absolute Gasteiger partial charge is 0.339 e. The molecule has 4 nitrogen and oxygen atoms in total. The maximum absolute atomic E-state index is 11.8. The van der Waals surface area contributed by atoms with Crippen LogP contribution in [0, 0.1) is 6.92 Å². The first-order chi connectivity index (χ1) is 8.25. The topological polar surface area (TPSA) is 44.4 Å². The summed E-state index contributed by atoms with van der Waals surface area (Å²) in [7, 11) is 0. The lowest BCUT2D eigenvalue weighted by Crippen LogP contribution is -2.48. The summed E-state index contributed by atoms with van der Waals surface area (Å²) >= 11 is 0. The SMILES string of the molecule is Cc1ccc(C(=O)NCN2CCNCC2)cc1. The third-order valence-corrected chi connectivity index (χ3v) is 2.99. The Kier molecular flexibility index (Phi) is 4.12. The van der Waals surface area contributed by atoms with Gasteiger partial charge in [-0.05, 0) is 19.1 Å². The fourth-order valence-corrected chi connectivity index (χ4v) is 1.86. The quantitative estimate of drug-likeness (QED) is 0.803. The van der Waals surface area contributed by atoms with E-state index in [-0.39, 0.29) is 5.91 Å². The number of carbonyl (C=O) groups excluding carboxylic acids is 1. The number of nitrogens with zero attached hydrogens (tertiary/aromatic N) is 1. The molecule has 4 heteroatoms. The maximum atomic E-state index is 11.8. The molecule has 1 aliphatic heterocycles. The van der Waals surface area contributed by atoms with Crippen LogP contribution >= 0.6 is 0 Å². The van der Waals surface area contributed by atoms with Crippen LogP contribution in [-0.2, 0) is 0 Å². The lowest BCUT2D eigenvalue weighted by atomic mass is 10.1. The predicted octanol–water partition coefficient (Wildman–Crippen LogP) is 0.588. The van der Waals surface area contributed by atoms with Crippen LogP contribution < -0.4 is 10.6 Å². The van der Waals surface area contributed by atoms with Gasteiger partial charge < -0.3 is 10.6 Å². The summed E-state index contributed by atoms with van der Waals surface area (Å²) in [6.45, 7) is 6.64. The van der Waals surface area contributed by atoms with Crippen LogP contribution in [0.1, 0.15) is 15.9 Å². The van der Waals surface area contributed by atoms with Gasteiger partial charge in [-0.2, -0.15) is 0 Å². The van der Waals surface area contributed by atoms with E-state index >= 15 is 0 Å². The first-order valence-corrected chi connectivity index (χ1v) is 6.03. The number of nitrogens with one attached hydrogen (secondary N) is 2. The average Bonchev–Trinajstić information content (AvgIpc) is 2.38. The van der Waals surface area contributed by atoms with Crippen LogP contribution in [0.15, 0.2) is 24.3 Å². The number of amides is 1. The molecule has 1 saturated heterocycles. The Labute approximate surface area is 102 Å². The molecule has 0 spiro atoms. The van der Waals surface area contributed by atoms with Crippen molar-refractivity contribution in [2.45, 2.75) is 6.92 Å². The molecule has 1 aliphatic rings. The highest BCUT2D eigenvalue weighted by Gasteiger charge is 2.11. The van der Waals surface area contributed by atoms with Crippen molar-refractivity contribution in [1.29, 1.82) is 0 Å². The second kappa shape index (κ2) is 5.80. The summed E-state index contributed by atoms with van der Waals surface area (Å²) in [6, 6.07) is 7.64. The Bertz CT molecular complexity index is 369. The van der Waals surface area contributed by atoms with Crippen molar-refractivity contribution < 1.29 is 4.79 Å². The minimum absolute atomic E-state index is 0.00327. The highest BCUT2D eigenvalue weighted by molar-refractivity contribution is 5.94. The molecule has 1 aromatic carbocycles. The minimum atomic E-state index is 0.00327. The van der Waals surface area contributed by atoms with E-state index in [1.54, 1.807) is 0 Å². The van der Waals surface area contributed by atoms with Crippen molar-refractivity contribution in [1.82, 2.24) is 15.5 Å². The number of hydrogen-bond donors (Lipinski definition) is 2. The third kappa shape index (κ3) is 3.54. The summed E-state index contributed by atoms with van der Waals surface area (Å²) < 4.78 is 0. The van der Waals surface area contributed by atoms with E-state index in [4.69, 9.17) is 0 Å². The smallest absolute Gasteiger partial charge is 0.252 e. The Morgan fingerprint density at radius 2 is 1.94 bits per heavy atom. The number of piperazine rings is 1. The van der Waals surface area contributed by atoms with Crippen molar-refractivity contribution >= 4 is 5.91 Å². The molecule has 2 N–H and O–H groups in total. The molecule has 0 unspecified atom stereocenters. The lowest BCUT2D eigenvalue weighted by Gasteiger charge is -2.27. The summed E-state index contributed by atoms with van der Waals surface area (Å²) in [5, 5.41) is 6.23. The summed E-state index contributed by atoms with van der Waals surface area (Å²) in [4.78, 5) is 14.1. The van der Waals surface area contributed by atoms with Crippen LogP contribution in [-0.4, -0.2) is 43.7 Å². The van der Waals surface area contributed by atoms with Gasteiger partial charge in [0, 0.05) is 31.7 Å². The van der Waals surface area contributed by atoms with Gasteiger partial charge in [-0.15, -0.1) is 0 Å². The van der Waals surface area contributed by atoms with E-state index in [0.29, 0.717) is 6.67 Å². The van der Waals surface area contributed by atoms with E-state index in [2.05, 4.69) is 15.5 Å². The van der Waals surface area contributed by atoms with Crippen molar-refractivity contribution in [2.24, 2.45) is 0 Å². The lowest BCUT2D eigenvalue weighted by molar-refractivity contribution is 0.0917. The highest BCUT2D eigenvalue weighted by Crippen LogP contribution is 2.02. The van der Waals surface area contributed by atoms with E-state index in [9.17, 15) is 4.79 Å². The second-order valence-electron chi connectivity index (χ2n) is 4.40. The van der Waals surface area contributed by atoms with Crippen LogP contribution in [0.3, 0.4) is 0 Å². The van der Waals surface area contributed by atoms with Gasteiger partial charge in [0.2, 0.25) is 0 Å². The number of rotatable bonds is 3. The average molecular weight is 233 g/mol. The molecule has 1 aromatic rings. The van der Waals surface area contributed by atoms with Crippen LogP contribution in [0.4, 0.5) is 0 Å². The monoisotopic (exact) mass is 233 g/mol. The van der Waals surface area contributed by atoms with Crippen molar-refractivity contribution in [3.05, 3.63) is 35.4 Å². The van der Waals surface area contributed by atoms with Crippen molar-refractivity contribution in [2.75, 3.05) is 32.8 Å². The Morgan fingerprint density at radius 3 is 2.59 bits per heavy atom. The van der Waals surface area contributed by atoms with Gasteiger partial charge >= 0.3 is 0 Å². The molecule has 2 rings (SSSR count). The molecular formula is C13H19N3O. The molecule has 0 saturated carbocycles. The number of aryl methyl sites for hydroxylation is 1. The van der Waals surface area contributed by atoms with Gasteiger partial charge in [0.15, 0.2) is 0 Å². The van der Waals surface area contributed by atoms with Crippen molar-refractivity contribution in [3.63, 3.8) is 0 Å². The number of carbonyl (C=O) groups is 1. The van der Waals surface area contributed by atoms with Crippen molar-refractivity contribution in [3.8, 4) is 0 Å². The van der Waals surface area contributed by atoms with Crippen LogP contribution in [0.2, 0.25) is 0 Å². The maximum Gasteiger partial charge on any atom is 0.252 e. The van der Waals surface area contributed by atoms with Gasteiger partial charge in [0.1, 0.15) is 0 Å². The Morgan fingerprint density at radius 1 is 1.29 bits per heavy atom. The fourth-order valence-electron chi connectivity index (χ4n) is 1.86. The first-order valence-electron chi connectivity index (χ1n) is 6.03. The zero-order valence-electron chi connectivity index (χ0n) is 10.2. The minimum Gasteiger partial charge on any atom is -0.339 e. The zero-order valence-corrected chi connectivity index (χ0v) is 10.2. The summed E-state index contributed by atoms with van der Waals surface area (Å²) in [5.41, 5.74) is 1.90. The molecule has 92 valence electrons. The molecule has 1 fully saturated rings. The Balaban J connectivity index is 1.82. The van der Waals surface area contributed by atoms with Crippen LogP contribution in [0.5, 0.6) is 0 Å². The third-order valence-electron chi connectivity index (χ3n) is 2.99. The highest BCUT2D eigenvalue weighted by atomic mass is 16.1. The van der Waals surface area contributed by atoms with Gasteiger partial charge in [0.05, 0.1) is 6.67 Å². The van der Waals surface area contributed by atoms with Gasteiger partial charge in [-0.3, -0.25) is 9.69 Å². The second-order valence-corrected chi connectivity index (χ2v) is 4.40. The van der Waals surface area contributed by atoms with Gasteiger partial charge in [0.25, 0.3) is 5.91 Å². The summed E-state index contributed by atoms with van der Waals surface area (Å²) in [5.74, 6) is 0.00327. The van der Waals surface area contributed by atoms with E-state index in [0.717, 1.165) is 31.7 Å². The van der Waals surface area contributed by atoms with E-state index in [1.165, 1.54) is 5.56 Å². The van der Waals surface area contributed by atoms with Gasteiger partial charge in [-0.25, -0.2) is 0 Å². The van der Waals surface area contributed by atoms with Crippen LogP contribution in [0.25, 0.3) is 0 Å². The molecule has 1 heterocycles. The zero-order chi connectivity index (χ0) is 12.1. The Hall–Kier alpha value is -1.39. The molecule has 0 bridgehead atoms. The standard InChI is InChI=1S/C13H19N3O/c1-11-2-4-12(5-3-11)13(17)15-10-16-8-6-14-7-9-16/h2-5,14H,6-10H2,1H3,(H,15,17). The number of hydrogen-bond acceptors (Lipinski definition) is 3.